The number of carbonyl (C=O) groups excluding carboxylic acids is 2. The zero-order chi connectivity index (χ0) is 25.4. The van der Waals surface area contributed by atoms with E-state index in [-0.39, 0.29) is 11.3 Å². The molecule has 2 saturated heterocycles. The lowest BCUT2D eigenvalue weighted by molar-refractivity contribution is -0.140. The third kappa shape index (κ3) is 4.14. The number of aliphatic hydroxyl groups excluding tert-OH is 1. The van der Waals surface area contributed by atoms with Gasteiger partial charge in [0, 0.05) is 32.4 Å². The van der Waals surface area contributed by atoms with Crippen LogP contribution in [0.4, 0.5) is 0 Å². The van der Waals surface area contributed by atoms with E-state index in [2.05, 4.69) is 9.88 Å². The van der Waals surface area contributed by atoms with E-state index in [1.807, 2.05) is 31.2 Å². The number of hydrogen-bond donors (Lipinski definition) is 1. The molecule has 0 bridgehead atoms. The van der Waals surface area contributed by atoms with Crippen LogP contribution in [0.2, 0.25) is 0 Å². The first-order chi connectivity index (χ1) is 17.4. The normalized spacial score (nSPS) is 20.4. The number of morpholine rings is 1. The third-order valence-electron chi connectivity index (χ3n) is 6.98. The van der Waals surface area contributed by atoms with Gasteiger partial charge in [-0.1, -0.05) is 18.2 Å². The monoisotopic (exact) mass is 490 g/mol. The Morgan fingerprint density at radius 3 is 2.53 bits per heavy atom. The summed E-state index contributed by atoms with van der Waals surface area (Å²) in [5.74, 6) is -0.874. The number of likely N-dealkylation sites (tertiary alicyclic amines) is 1. The molecule has 0 aliphatic carbocycles. The summed E-state index contributed by atoms with van der Waals surface area (Å²) in [7, 11) is 1.58. The van der Waals surface area contributed by atoms with Gasteiger partial charge in [-0.15, -0.1) is 0 Å². The molecule has 2 aliphatic rings. The Morgan fingerprint density at radius 2 is 1.83 bits per heavy atom. The van der Waals surface area contributed by atoms with Crippen molar-refractivity contribution in [3.8, 4) is 5.75 Å². The zero-order valence-corrected chi connectivity index (χ0v) is 20.7. The summed E-state index contributed by atoms with van der Waals surface area (Å²) >= 11 is 0. The number of Topliss-reactive ketones (excluding diaryl/α,β-unsaturated/α-hetero) is 1. The summed E-state index contributed by atoms with van der Waals surface area (Å²) in [6, 6.07) is 10.3. The summed E-state index contributed by atoms with van der Waals surface area (Å²) in [6.45, 7) is 7.53. The topological polar surface area (TPSA) is 96.6 Å². The number of amides is 1. The van der Waals surface area contributed by atoms with Gasteiger partial charge in [-0.3, -0.25) is 18.9 Å². The Kier molecular flexibility index (Phi) is 6.51. The minimum atomic E-state index is -0.730. The molecule has 0 saturated carbocycles. The van der Waals surface area contributed by atoms with Gasteiger partial charge in [-0.05, 0) is 43.2 Å². The van der Waals surface area contributed by atoms with Crippen molar-refractivity contribution in [3.05, 3.63) is 70.7 Å². The highest BCUT2D eigenvalue weighted by Gasteiger charge is 2.46. The van der Waals surface area contributed by atoms with Crippen molar-refractivity contribution >= 4 is 23.1 Å². The molecular formula is C27H30N4O5. The van der Waals surface area contributed by atoms with Crippen LogP contribution in [0.25, 0.3) is 11.4 Å². The smallest absolute Gasteiger partial charge is 0.295 e. The number of fused-ring (bicyclic) bond motifs is 1. The first-order valence-corrected chi connectivity index (χ1v) is 12.1. The van der Waals surface area contributed by atoms with Crippen LogP contribution in [0.5, 0.6) is 5.75 Å². The molecule has 9 nitrogen and oxygen atoms in total. The molecule has 1 unspecified atom stereocenters. The van der Waals surface area contributed by atoms with Crippen molar-refractivity contribution < 1.29 is 24.2 Å². The van der Waals surface area contributed by atoms with Crippen LogP contribution in [0.15, 0.2) is 48.2 Å². The minimum Gasteiger partial charge on any atom is -0.505 e. The molecule has 2 fully saturated rings. The van der Waals surface area contributed by atoms with Crippen LogP contribution in [0, 0.1) is 13.8 Å². The summed E-state index contributed by atoms with van der Waals surface area (Å²) < 4.78 is 12.5. The molecule has 1 N–H and O–H groups in total. The van der Waals surface area contributed by atoms with Crippen LogP contribution in [-0.2, 0) is 14.3 Å². The van der Waals surface area contributed by atoms with Crippen molar-refractivity contribution in [2.75, 3.05) is 46.5 Å². The number of benzene rings is 1. The highest BCUT2D eigenvalue weighted by atomic mass is 16.5. The predicted molar refractivity (Wildman–Crippen MR) is 134 cm³/mol. The van der Waals surface area contributed by atoms with Crippen LogP contribution in [-0.4, -0.2) is 82.5 Å². The van der Waals surface area contributed by atoms with E-state index < -0.39 is 17.7 Å². The number of imidazole rings is 1. The molecular weight excluding hydrogens is 460 g/mol. The Morgan fingerprint density at radius 1 is 1.11 bits per heavy atom. The van der Waals surface area contributed by atoms with Crippen molar-refractivity contribution in [2.45, 2.75) is 19.9 Å². The Bertz CT molecular complexity index is 1340. The number of aryl methyl sites for hydroxylation is 2. The van der Waals surface area contributed by atoms with Crippen LogP contribution in [0.1, 0.15) is 28.6 Å². The van der Waals surface area contributed by atoms with Gasteiger partial charge in [-0.2, -0.15) is 0 Å². The molecule has 3 aromatic rings. The summed E-state index contributed by atoms with van der Waals surface area (Å²) in [5, 5.41) is 11.6. The SMILES string of the molecule is COc1ccc(C2C(=C(O)c3c(C)nc4c(C)cccn34)C(=O)C(=O)N2CCN2CCOCC2)cc1. The number of hydrogen-bond acceptors (Lipinski definition) is 7. The number of methoxy groups -OCH3 is 1. The second-order valence-electron chi connectivity index (χ2n) is 9.15. The fraction of sp³-hybridized carbons (Fsp3) is 0.370. The van der Waals surface area contributed by atoms with E-state index in [1.165, 1.54) is 0 Å². The molecule has 0 radical (unpaired) electrons. The summed E-state index contributed by atoms with van der Waals surface area (Å²) in [6.07, 6.45) is 1.80. The van der Waals surface area contributed by atoms with Crippen molar-refractivity contribution in [3.63, 3.8) is 0 Å². The maximum atomic E-state index is 13.4. The lowest BCUT2D eigenvalue weighted by Gasteiger charge is -2.31. The van der Waals surface area contributed by atoms with Gasteiger partial charge in [0.05, 0.1) is 37.6 Å². The quantitative estimate of drug-likeness (QED) is 0.322. The van der Waals surface area contributed by atoms with Gasteiger partial charge in [0.25, 0.3) is 11.7 Å². The van der Waals surface area contributed by atoms with Crippen molar-refractivity contribution in [1.29, 1.82) is 0 Å². The largest absolute Gasteiger partial charge is 0.505 e. The third-order valence-corrected chi connectivity index (χ3v) is 6.98. The molecule has 2 aromatic heterocycles. The maximum Gasteiger partial charge on any atom is 0.295 e. The van der Waals surface area contributed by atoms with Crippen molar-refractivity contribution in [2.24, 2.45) is 0 Å². The van der Waals surface area contributed by atoms with Crippen LogP contribution >= 0.6 is 0 Å². The first kappa shape index (κ1) is 24.0. The molecule has 4 heterocycles. The molecule has 36 heavy (non-hydrogen) atoms. The summed E-state index contributed by atoms with van der Waals surface area (Å²) in [4.78, 5) is 35.1. The Balaban J connectivity index is 1.62. The molecule has 188 valence electrons. The molecule has 0 spiro atoms. The Labute approximate surface area is 209 Å². The second kappa shape index (κ2) is 9.75. The lowest BCUT2D eigenvalue weighted by Crippen LogP contribution is -2.42. The van der Waals surface area contributed by atoms with E-state index in [0.717, 1.165) is 24.2 Å². The first-order valence-electron chi connectivity index (χ1n) is 12.1. The van der Waals surface area contributed by atoms with Gasteiger partial charge in [0.15, 0.2) is 5.76 Å². The van der Waals surface area contributed by atoms with Crippen LogP contribution in [0.3, 0.4) is 0 Å². The van der Waals surface area contributed by atoms with E-state index in [4.69, 9.17) is 9.47 Å². The standard InChI is InChI=1S/C27H30N4O5/c1-17-5-4-10-30-22(18(2)28-26(17)30)24(32)21-23(19-6-8-20(35-3)9-7-19)31(27(34)25(21)33)12-11-29-13-15-36-16-14-29/h4-10,23,32H,11-16H2,1-3H3. The zero-order valence-electron chi connectivity index (χ0n) is 20.7. The predicted octanol–water partition coefficient (Wildman–Crippen LogP) is 2.71. The number of aliphatic hydroxyl groups is 1. The molecule has 1 amide bonds. The highest BCUT2D eigenvalue weighted by molar-refractivity contribution is 6.46. The van der Waals surface area contributed by atoms with Crippen molar-refractivity contribution in [1.82, 2.24) is 19.2 Å². The number of pyridine rings is 1. The second-order valence-corrected chi connectivity index (χ2v) is 9.15. The number of carbonyl (C=O) groups is 2. The van der Waals surface area contributed by atoms with E-state index in [9.17, 15) is 14.7 Å². The van der Waals surface area contributed by atoms with Gasteiger partial charge >= 0.3 is 0 Å². The maximum absolute atomic E-state index is 13.4. The fourth-order valence-electron chi connectivity index (χ4n) is 5.05. The molecule has 9 heteroatoms. The highest BCUT2D eigenvalue weighted by Crippen LogP contribution is 2.40. The van der Waals surface area contributed by atoms with E-state index in [1.54, 1.807) is 41.7 Å². The minimum absolute atomic E-state index is 0.0681. The molecule has 1 aromatic carbocycles. The van der Waals surface area contributed by atoms with Gasteiger partial charge in [0.2, 0.25) is 0 Å². The lowest BCUT2D eigenvalue weighted by atomic mass is 9.96. The number of nitrogens with zero attached hydrogens (tertiary/aromatic N) is 4. The number of ketones is 1. The summed E-state index contributed by atoms with van der Waals surface area (Å²) in [5.41, 5.74) is 3.42. The number of rotatable bonds is 6. The average Bonchev–Trinajstić information content (AvgIpc) is 3.37. The van der Waals surface area contributed by atoms with E-state index >= 15 is 0 Å². The van der Waals surface area contributed by atoms with Gasteiger partial charge in [0.1, 0.15) is 17.1 Å². The van der Waals surface area contributed by atoms with Crippen LogP contribution < -0.4 is 4.74 Å². The van der Waals surface area contributed by atoms with E-state index in [0.29, 0.717) is 49.1 Å². The molecule has 2 aliphatic heterocycles. The number of ether oxygens (including phenoxy) is 2. The molecule has 5 rings (SSSR count). The Hall–Kier alpha value is -3.69. The molecule has 1 atom stereocenters. The number of aromatic nitrogens is 2. The average molecular weight is 491 g/mol. The fourth-order valence-corrected chi connectivity index (χ4v) is 5.05. The van der Waals surface area contributed by atoms with Gasteiger partial charge < -0.3 is 19.5 Å². The van der Waals surface area contributed by atoms with Gasteiger partial charge in [-0.25, -0.2) is 4.98 Å².